The highest BCUT2D eigenvalue weighted by atomic mass is 79.9. The maximum atomic E-state index is 13.2. The molecule has 0 aliphatic carbocycles. The van der Waals surface area contributed by atoms with Gasteiger partial charge < -0.3 is 5.73 Å². The highest BCUT2D eigenvalue weighted by Gasteiger charge is 2.09. The summed E-state index contributed by atoms with van der Waals surface area (Å²) in [6.45, 7) is 4.20. The van der Waals surface area contributed by atoms with Crippen molar-refractivity contribution in [2.75, 3.05) is 5.73 Å². The normalized spacial score (nSPS) is 12.9. The number of thioether (sulfide) groups is 1. The molecule has 0 heterocycles. The Morgan fingerprint density at radius 2 is 2.21 bits per heavy atom. The van der Waals surface area contributed by atoms with Crippen molar-refractivity contribution in [3.05, 3.63) is 22.4 Å². The van der Waals surface area contributed by atoms with E-state index in [2.05, 4.69) is 29.8 Å². The van der Waals surface area contributed by atoms with E-state index in [0.717, 1.165) is 11.3 Å². The van der Waals surface area contributed by atoms with Crippen LogP contribution in [0.5, 0.6) is 0 Å². The first kappa shape index (κ1) is 11.9. The third kappa shape index (κ3) is 2.89. The number of halogens is 2. The molecule has 1 atom stereocenters. The second-order valence-corrected chi connectivity index (χ2v) is 5.48. The molecule has 14 heavy (non-hydrogen) atoms. The van der Waals surface area contributed by atoms with Gasteiger partial charge in [-0.3, -0.25) is 0 Å². The van der Waals surface area contributed by atoms with Gasteiger partial charge >= 0.3 is 0 Å². The van der Waals surface area contributed by atoms with Gasteiger partial charge in [-0.25, -0.2) is 4.39 Å². The molecule has 4 heteroatoms. The predicted molar refractivity (Wildman–Crippen MR) is 64.1 cm³/mol. The van der Waals surface area contributed by atoms with Crippen LogP contribution in [0.4, 0.5) is 10.1 Å². The highest BCUT2D eigenvalue weighted by Crippen LogP contribution is 2.33. The zero-order chi connectivity index (χ0) is 10.7. The van der Waals surface area contributed by atoms with Gasteiger partial charge in [-0.1, -0.05) is 13.8 Å². The largest absolute Gasteiger partial charge is 0.398 e. The van der Waals surface area contributed by atoms with Gasteiger partial charge in [-0.05, 0) is 34.5 Å². The lowest BCUT2D eigenvalue weighted by atomic mass is 10.3. The molecule has 0 saturated heterocycles. The summed E-state index contributed by atoms with van der Waals surface area (Å²) in [6.07, 6.45) is 1.04. The van der Waals surface area contributed by atoms with E-state index in [0.29, 0.717) is 15.4 Å². The van der Waals surface area contributed by atoms with Gasteiger partial charge in [0.15, 0.2) is 0 Å². The SMILES string of the molecule is CCC(C)Sc1cc(F)c(Br)cc1N. The standard InChI is InChI=1S/C10H13BrFNS/c1-3-6(2)14-10-5-8(12)7(11)4-9(10)13/h4-6H,3,13H2,1-2H3. The summed E-state index contributed by atoms with van der Waals surface area (Å²) in [6, 6.07) is 3.09. The quantitative estimate of drug-likeness (QED) is 0.666. The molecule has 0 aromatic heterocycles. The van der Waals surface area contributed by atoms with Gasteiger partial charge in [-0.2, -0.15) is 0 Å². The highest BCUT2D eigenvalue weighted by molar-refractivity contribution is 9.10. The van der Waals surface area contributed by atoms with Crippen molar-refractivity contribution in [1.82, 2.24) is 0 Å². The van der Waals surface area contributed by atoms with Gasteiger partial charge in [0.25, 0.3) is 0 Å². The van der Waals surface area contributed by atoms with E-state index in [4.69, 9.17) is 5.73 Å². The van der Waals surface area contributed by atoms with E-state index in [-0.39, 0.29) is 5.82 Å². The van der Waals surface area contributed by atoms with E-state index in [1.54, 1.807) is 17.8 Å². The minimum atomic E-state index is -0.259. The van der Waals surface area contributed by atoms with Crippen molar-refractivity contribution in [3.63, 3.8) is 0 Å². The summed E-state index contributed by atoms with van der Waals surface area (Å²) in [7, 11) is 0. The topological polar surface area (TPSA) is 26.0 Å². The Balaban J connectivity index is 2.92. The second-order valence-electron chi connectivity index (χ2n) is 3.14. The molecule has 2 N–H and O–H groups in total. The van der Waals surface area contributed by atoms with Crippen LogP contribution >= 0.6 is 27.7 Å². The van der Waals surface area contributed by atoms with Crippen LogP contribution in [0, 0.1) is 5.82 Å². The van der Waals surface area contributed by atoms with E-state index in [1.807, 2.05) is 0 Å². The van der Waals surface area contributed by atoms with Crippen LogP contribution in [0.15, 0.2) is 21.5 Å². The molecule has 0 amide bonds. The first-order chi connectivity index (χ1) is 6.54. The summed E-state index contributed by atoms with van der Waals surface area (Å²) in [5.74, 6) is -0.259. The van der Waals surface area contributed by atoms with E-state index in [9.17, 15) is 4.39 Å². The average molecular weight is 278 g/mol. The predicted octanol–water partition coefficient (Wildman–Crippen LogP) is 4.06. The summed E-state index contributed by atoms with van der Waals surface area (Å²) in [5, 5.41) is 0.456. The molecule has 0 bridgehead atoms. The van der Waals surface area contributed by atoms with Crippen LogP contribution in [0.25, 0.3) is 0 Å². The zero-order valence-electron chi connectivity index (χ0n) is 8.18. The molecule has 1 aromatic carbocycles. The zero-order valence-corrected chi connectivity index (χ0v) is 10.6. The van der Waals surface area contributed by atoms with Gasteiger partial charge in [0, 0.05) is 15.8 Å². The number of hydrogen-bond donors (Lipinski definition) is 1. The summed E-state index contributed by atoms with van der Waals surface area (Å²) < 4.78 is 13.6. The molecule has 0 radical (unpaired) electrons. The molecular formula is C10H13BrFNS. The van der Waals surface area contributed by atoms with E-state index >= 15 is 0 Å². The Morgan fingerprint density at radius 3 is 2.79 bits per heavy atom. The molecular weight excluding hydrogens is 265 g/mol. The van der Waals surface area contributed by atoms with Crippen LogP contribution in [-0.4, -0.2) is 5.25 Å². The molecule has 0 spiro atoms. The minimum absolute atomic E-state index is 0.259. The average Bonchev–Trinajstić information content (AvgIpc) is 2.14. The summed E-state index contributed by atoms with van der Waals surface area (Å²) in [5.41, 5.74) is 6.40. The Bertz CT molecular complexity index is 330. The van der Waals surface area contributed by atoms with Crippen molar-refractivity contribution in [1.29, 1.82) is 0 Å². The fourth-order valence-corrected chi connectivity index (χ4v) is 2.27. The monoisotopic (exact) mass is 277 g/mol. The van der Waals surface area contributed by atoms with E-state index < -0.39 is 0 Å². The van der Waals surface area contributed by atoms with Crippen molar-refractivity contribution in [3.8, 4) is 0 Å². The fourth-order valence-electron chi connectivity index (χ4n) is 0.946. The number of nitrogen functional groups attached to an aromatic ring is 1. The molecule has 1 aromatic rings. The van der Waals surface area contributed by atoms with Crippen LogP contribution in [0.1, 0.15) is 20.3 Å². The molecule has 1 rings (SSSR count). The summed E-state index contributed by atoms with van der Waals surface area (Å²) >= 11 is 4.71. The van der Waals surface area contributed by atoms with Crippen molar-refractivity contribution < 1.29 is 4.39 Å². The number of hydrogen-bond acceptors (Lipinski definition) is 2. The first-order valence-corrected chi connectivity index (χ1v) is 6.13. The third-order valence-electron chi connectivity index (χ3n) is 1.96. The van der Waals surface area contributed by atoms with Crippen LogP contribution < -0.4 is 5.73 Å². The molecule has 0 fully saturated rings. The van der Waals surface area contributed by atoms with Crippen LogP contribution in [0.2, 0.25) is 0 Å². The Morgan fingerprint density at radius 1 is 1.57 bits per heavy atom. The smallest absolute Gasteiger partial charge is 0.138 e. The number of nitrogens with two attached hydrogens (primary N) is 1. The maximum Gasteiger partial charge on any atom is 0.138 e. The third-order valence-corrected chi connectivity index (χ3v) is 3.91. The number of benzene rings is 1. The Hall–Kier alpha value is -0.220. The second kappa shape index (κ2) is 5.03. The van der Waals surface area contributed by atoms with E-state index in [1.165, 1.54) is 6.07 Å². The van der Waals surface area contributed by atoms with Crippen molar-refractivity contribution in [2.24, 2.45) is 0 Å². The Labute approximate surface area is 96.4 Å². The van der Waals surface area contributed by atoms with Gasteiger partial charge in [0.1, 0.15) is 5.82 Å². The van der Waals surface area contributed by atoms with Gasteiger partial charge in [0.2, 0.25) is 0 Å². The fraction of sp³-hybridized carbons (Fsp3) is 0.400. The maximum absolute atomic E-state index is 13.2. The first-order valence-electron chi connectivity index (χ1n) is 4.45. The molecule has 78 valence electrons. The van der Waals surface area contributed by atoms with Crippen LogP contribution in [0.3, 0.4) is 0 Å². The molecule has 0 saturated carbocycles. The molecule has 0 aliphatic rings. The molecule has 1 unspecified atom stereocenters. The number of anilines is 1. The number of rotatable bonds is 3. The van der Waals surface area contributed by atoms with Gasteiger partial charge in [0.05, 0.1) is 4.47 Å². The van der Waals surface area contributed by atoms with Crippen LogP contribution in [-0.2, 0) is 0 Å². The van der Waals surface area contributed by atoms with Gasteiger partial charge in [-0.15, -0.1) is 11.8 Å². The lowest BCUT2D eigenvalue weighted by molar-refractivity contribution is 0.618. The van der Waals surface area contributed by atoms with Crippen molar-refractivity contribution in [2.45, 2.75) is 30.4 Å². The molecule has 0 aliphatic heterocycles. The van der Waals surface area contributed by atoms with Crippen molar-refractivity contribution >= 4 is 33.4 Å². The minimum Gasteiger partial charge on any atom is -0.398 e. The summed E-state index contributed by atoms with van der Waals surface area (Å²) in [4.78, 5) is 0.819. The Kier molecular flexibility index (Phi) is 4.26. The molecule has 1 nitrogen and oxygen atoms in total. The lowest BCUT2D eigenvalue weighted by Gasteiger charge is -2.11. The lowest BCUT2D eigenvalue weighted by Crippen LogP contribution is -1.96.